The average Bonchev–Trinajstić information content (AvgIpc) is 2.66. The molecular formula is C19H26BrCl2N5. The molecule has 27 heavy (non-hydrogen) atoms. The molecule has 3 rings (SSSR count). The topological polar surface area (TPSA) is 88.5 Å². The van der Waals surface area contributed by atoms with Crippen LogP contribution in [-0.4, -0.2) is 18.2 Å². The smallest absolute Gasteiger partial charge is 0.197 e. The Kier molecular flexibility index (Phi) is 7.08. The molecule has 0 saturated heterocycles. The van der Waals surface area contributed by atoms with E-state index in [1.807, 2.05) is 12.3 Å². The molecule has 0 spiro atoms. The van der Waals surface area contributed by atoms with Crippen molar-refractivity contribution in [2.24, 2.45) is 28.3 Å². The van der Waals surface area contributed by atoms with Crippen molar-refractivity contribution in [3.8, 4) is 0 Å². The maximum atomic E-state index is 6.69. The molecule has 1 saturated carbocycles. The van der Waals surface area contributed by atoms with Gasteiger partial charge >= 0.3 is 0 Å². The Labute approximate surface area is 179 Å². The van der Waals surface area contributed by atoms with E-state index in [1.54, 1.807) is 12.1 Å². The highest BCUT2D eigenvalue weighted by Gasteiger charge is 2.36. The van der Waals surface area contributed by atoms with Gasteiger partial charge in [-0.2, -0.15) is 0 Å². The second-order valence-corrected chi connectivity index (χ2v) is 9.16. The van der Waals surface area contributed by atoms with Gasteiger partial charge in [0.2, 0.25) is 0 Å². The molecule has 148 valence electrons. The lowest BCUT2D eigenvalue weighted by molar-refractivity contribution is 0.230. The number of nitrogens with zero attached hydrogens (tertiary/aromatic N) is 1. The van der Waals surface area contributed by atoms with Gasteiger partial charge in [-0.3, -0.25) is 0 Å². The summed E-state index contributed by atoms with van der Waals surface area (Å²) in [6.45, 7) is 1.20. The van der Waals surface area contributed by atoms with Crippen molar-refractivity contribution < 1.29 is 0 Å². The molecule has 5 nitrogen and oxygen atoms in total. The highest BCUT2D eigenvalue weighted by molar-refractivity contribution is 9.11. The van der Waals surface area contributed by atoms with Gasteiger partial charge in [0.05, 0.1) is 11.0 Å². The number of hydrogen-bond acceptors (Lipinski definition) is 3. The number of nitrogens with one attached hydrogen (secondary N) is 2. The minimum absolute atomic E-state index is 0.415. The summed E-state index contributed by atoms with van der Waals surface area (Å²) in [6.07, 6.45) is 7.41. The van der Waals surface area contributed by atoms with E-state index in [0.717, 1.165) is 23.0 Å². The predicted molar refractivity (Wildman–Crippen MR) is 117 cm³/mol. The van der Waals surface area contributed by atoms with Crippen LogP contribution in [0.3, 0.4) is 0 Å². The van der Waals surface area contributed by atoms with Gasteiger partial charge in [0.1, 0.15) is 5.66 Å². The van der Waals surface area contributed by atoms with E-state index in [0.29, 0.717) is 34.4 Å². The van der Waals surface area contributed by atoms with Crippen molar-refractivity contribution in [3.63, 3.8) is 0 Å². The molecule has 8 heteroatoms. The zero-order chi connectivity index (χ0) is 19.4. The molecule has 1 aliphatic carbocycles. The van der Waals surface area contributed by atoms with E-state index in [4.69, 9.17) is 34.7 Å². The largest absolute Gasteiger partial charge is 0.334 e. The van der Waals surface area contributed by atoms with E-state index in [2.05, 4.69) is 31.6 Å². The molecule has 1 aromatic rings. The minimum Gasteiger partial charge on any atom is -0.334 e. The highest BCUT2D eigenvalue weighted by atomic mass is 79.9. The van der Waals surface area contributed by atoms with Gasteiger partial charge in [0.15, 0.2) is 5.96 Å². The molecule has 0 bridgehead atoms. The third-order valence-electron chi connectivity index (χ3n) is 5.43. The van der Waals surface area contributed by atoms with Crippen LogP contribution in [-0.2, 0) is 6.54 Å². The Hall–Kier alpha value is -0.790. The summed E-state index contributed by atoms with van der Waals surface area (Å²) in [5.74, 6) is 1.87. The highest BCUT2D eigenvalue weighted by Crippen LogP contribution is 2.35. The third kappa shape index (κ3) is 5.39. The van der Waals surface area contributed by atoms with Gasteiger partial charge in [0.25, 0.3) is 0 Å². The summed E-state index contributed by atoms with van der Waals surface area (Å²) in [7, 11) is 0. The van der Waals surface area contributed by atoms with E-state index < -0.39 is 5.66 Å². The van der Waals surface area contributed by atoms with E-state index in [1.165, 1.54) is 25.7 Å². The van der Waals surface area contributed by atoms with Crippen LogP contribution in [0.15, 0.2) is 33.9 Å². The lowest BCUT2D eigenvalue weighted by Gasteiger charge is -2.39. The second kappa shape index (κ2) is 9.14. The number of hydrogen-bond donors (Lipinski definition) is 4. The van der Waals surface area contributed by atoms with E-state index in [-0.39, 0.29) is 0 Å². The first kappa shape index (κ1) is 20.9. The Morgan fingerprint density at radius 2 is 1.89 bits per heavy atom. The standard InChI is InChI=1S/C19H26BrCl2N5/c20-17-11-26-18(25-10-14-7-15(21)5-6-16(14)22)27-19(17,24)8-12-1-3-13(9-23)4-2-12/h5-7,11-13H,1-4,8-10,23-24H2,(H2,25,26,27). The number of rotatable bonds is 5. The monoisotopic (exact) mass is 473 g/mol. The number of halogens is 3. The lowest BCUT2D eigenvalue weighted by Crippen LogP contribution is -2.62. The fourth-order valence-corrected chi connectivity index (χ4v) is 4.50. The van der Waals surface area contributed by atoms with Crippen molar-refractivity contribution in [2.75, 3.05) is 6.54 Å². The lowest BCUT2D eigenvalue weighted by atomic mass is 9.78. The first-order valence-corrected chi connectivity index (χ1v) is 10.8. The van der Waals surface area contributed by atoms with Crippen LogP contribution in [0.4, 0.5) is 0 Å². The summed E-state index contributed by atoms with van der Waals surface area (Å²) < 4.78 is 0.899. The van der Waals surface area contributed by atoms with Gasteiger partial charge < -0.3 is 22.1 Å². The van der Waals surface area contributed by atoms with Gasteiger partial charge in [-0.25, -0.2) is 4.99 Å². The zero-order valence-corrected chi connectivity index (χ0v) is 18.2. The van der Waals surface area contributed by atoms with Gasteiger partial charge in [-0.05, 0) is 90.2 Å². The molecule has 0 amide bonds. The molecule has 2 aliphatic rings. The normalized spacial score (nSPS) is 29.8. The molecule has 1 unspecified atom stereocenters. The summed E-state index contributed by atoms with van der Waals surface area (Å²) in [4.78, 5) is 4.59. The van der Waals surface area contributed by atoms with E-state index in [9.17, 15) is 0 Å². The number of nitrogens with two attached hydrogens (primary N) is 2. The van der Waals surface area contributed by atoms with Crippen molar-refractivity contribution in [1.29, 1.82) is 0 Å². The molecule has 1 heterocycles. The molecule has 1 atom stereocenters. The number of guanidine groups is 1. The van der Waals surface area contributed by atoms with Crippen LogP contribution >= 0.6 is 39.1 Å². The first-order chi connectivity index (χ1) is 12.9. The van der Waals surface area contributed by atoms with Crippen molar-refractivity contribution in [1.82, 2.24) is 10.6 Å². The Morgan fingerprint density at radius 1 is 1.19 bits per heavy atom. The van der Waals surface area contributed by atoms with Crippen LogP contribution in [0.2, 0.25) is 10.0 Å². The van der Waals surface area contributed by atoms with Crippen LogP contribution in [0.1, 0.15) is 37.7 Å². The SMILES string of the molecule is NCC1CCC(CC2(N)NC(=NCc3cc(Cl)ccc3Cl)NC=C2Br)CC1. The minimum atomic E-state index is -0.664. The number of benzene rings is 1. The van der Waals surface area contributed by atoms with Crippen LogP contribution < -0.4 is 22.1 Å². The summed E-state index contributed by atoms with van der Waals surface area (Å²) in [6, 6.07) is 5.37. The Morgan fingerprint density at radius 3 is 2.59 bits per heavy atom. The quantitative estimate of drug-likeness (QED) is 0.517. The molecule has 1 aliphatic heterocycles. The number of aliphatic imine (C=N–C) groups is 1. The van der Waals surface area contributed by atoms with Gasteiger partial charge in [-0.1, -0.05) is 23.2 Å². The third-order valence-corrected chi connectivity index (χ3v) is 6.97. The maximum Gasteiger partial charge on any atom is 0.197 e. The Bertz CT molecular complexity index is 731. The summed E-state index contributed by atoms with van der Waals surface area (Å²) >= 11 is 15.9. The molecule has 6 N–H and O–H groups in total. The molecule has 1 fully saturated rings. The fraction of sp³-hybridized carbons (Fsp3) is 0.526. The zero-order valence-electron chi connectivity index (χ0n) is 15.1. The first-order valence-electron chi connectivity index (χ1n) is 9.28. The fourth-order valence-electron chi connectivity index (χ4n) is 3.76. The Balaban J connectivity index is 1.66. The van der Waals surface area contributed by atoms with E-state index >= 15 is 0 Å². The van der Waals surface area contributed by atoms with Crippen LogP contribution in [0.5, 0.6) is 0 Å². The predicted octanol–water partition coefficient (Wildman–Crippen LogP) is 4.09. The maximum absolute atomic E-state index is 6.69. The average molecular weight is 475 g/mol. The van der Waals surface area contributed by atoms with Gasteiger partial charge in [-0.15, -0.1) is 0 Å². The second-order valence-electron chi connectivity index (χ2n) is 7.46. The summed E-state index contributed by atoms with van der Waals surface area (Å²) in [5.41, 5.74) is 12.7. The van der Waals surface area contributed by atoms with Crippen molar-refractivity contribution in [2.45, 2.75) is 44.3 Å². The van der Waals surface area contributed by atoms with Crippen molar-refractivity contribution in [3.05, 3.63) is 44.5 Å². The van der Waals surface area contributed by atoms with Crippen molar-refractivity contribution >= 4 is 45.1 Å². The summed E-state index contributed by atoms with van der Waals surface area (Å²) in [5, 5.41) is 7.78. The molecule has 0 radical (unpaired) electrons. The molecule has 0 aromatic heterocycles. The van der Waals surface area contributed by atoms with Crippen LogP contribution in [0, 0.1) is 11.8 Å². The van der Waals surface area contributed by atoms with Gasteiger partial charge in [0, 0.05) is 16.2 Å². The molecule has 1 aromatic carbocycles. The van der Waals surface area contributed by atoms with Crippen LogP contribution in [0.25, 0.3) is 0 Å². The molecular weight excluding hydrogens is 449 g/mol.